The van der Waals surface area contributed by atoms with Crippen molar-refractivity contribution in [3.8, 4) is 0 Å². The average Bonchev–Trinajstić information content (AvgIpc) is 3.36. The van der Waals surface area contributed by atoms with E-state index in [1.54, 1.807) is 31.6 Å². The number of hydrogen-bond donors (Lipinski definition) is 2. The van der Waals surface area contributed by atoms with E-state index in [0.717, 1.165) is 0 Å². The average molecular weight is 572 g/mol. The number of aliphatic hydroxyl groups is 1. The van der Waals surface area contributed by atoms with E-state index < -0.39 is 22.2 Å². The maximum absolute atomic E-state index is 13.7. The summed E-state index contributed by atoms with van der Waals surface area (Å²) in [5.41, 5.74) is 0.636. The topological polar surface area (TPSA) is 114 Å². The summed E-state index contributed by atoms with van der Waals surface area (Å²) in [7, 11) is -4.07. The number of aliphatic hydroxyl groups excluding tert-OH is 1. The van der Waals surface area contributed by atoms with Crippen molar-refractivity contribution < 1.29 is 23.1 Å². The van der Waals surface area contributed by atoms with Gasteiger partial charge in [0.2, 0.25) is 0 Å². The number of rotatable bonds is 12. The fourth-order valence-corrected chi connectivity index (χ4v) is 5.57. The number of nitrogens with one attached hydrogen (secondary N) is 1. The van der Waals surface area contributed by atoms with Crippen molar-refractivity contribution in [2.45, 2.75) is 51.3 Å². The number of aryl methyl sites for hydroxylation is 1. The smallest absolute Gasteiger partial charge is 0.407 e. The molecule has 1 unspecified atom stereocenters. The lowest BCUT2D eigenvalue weighted by Gasteiger charge is -2.32. The van der Waals surface area contributed by atoms with E-state index in [0.29, 0.717) is 35.1 Å². The standard InChI is InChI=1S/C24H28Cl2N4O5S.CH4/c1-18(9-14-35-24(32)28-10-2-12-29-13-11-27-17-29)30(23-15-21(26)4-3-19(23)16-31)36(33,34)22-7-5-20(25)6-8-22;/h3-8,11,13,15,17-18,31H,2,9-10,12,14,16H2,1H3,(H,28,32);1H4. The van der Waals surface area contributed by atoms with Gasteiger partial charge < -0.3 is 19.7 Å². The molecule has 0 bridgehead atoms. The Bertz CT molecular complexity index is 1240. The summed E-state index contributed by atoms with van der Waals surface area (Å²) in [4.78, 5) is 16.1. The predicted octanol–water partition coefficient (Wildman–Crippen LogP) is 5.11. The lowest BCUT2D eigenvalue weighted by Crippen LogP contribution is -2.40. The minimum absolute atomic E-state index is 0. The van der Waals surface area contributed by atoms with Gasteiger partial charge in [0.1, 0.15) is 0 Å². The Kier molecular flexibility index (Phi) is 11.7. The second-order valence-corrected chi connectivity index (χ2v) is 10.7. The normalized spacial score (nSPS) is 11.9. The van der Waals surface area contributed by atoms with Crippen LogP contribution in [0.1, 0.15) is 32.8 Å². The van der Waals surface area contributed by atoms with Gasteiger partial charge in [0.05, 0.1) is 30.1 Å². The van der Waals surface area contributed by atoms with Crippen molar-refractivity contribution in [1.82, 2.24) is 14.9 Å². The van der Waals surface area contributed by atoms with Crippen LogP contribution in [0.5, 0.6) is 0 Å². The first-order valence-electron chi connectivity index (χ1n) is 11.3. The third-order valence-electron chi connectivity index (χ3n) is 5.42. The molecule has 0 aliphatic rings. The van der Waals surface area contributed by atoms with E-state index in [9.17, 15) is 18.3 Å². The number of carbonyl (C=O) groups is 1. The Balaban J connectivity index is 0.00000481. The number of anilines is 1. The maximum Gasteiger partial charge on any atom is 0.407 e. The summed E-state index contributed by atoms with van der Waals surface area (Å²) in [5.74, 6) is 0. The number of sulfonamides is 1. The van der Waals surface area contributed by atoms with E-state index in [1.807, 2.05) is 10.8 Å². The van der Waals surface area contributed by atoms with Crippen LogP contribution in [0.15, 0.2) is 66.1 Å². The van der Waals surface area contributed by atoms with Crippen LogP contribution in [-0.4, -0.2) is 48.4 Å². The van der Waals surface area contributed by atoms with Crippen molar-refractivity contribution >= 4 is 45.0 Å². The number of halogens is 2. The molecular formula is C25H32Cl2N4O5S. The second kappa shape index (κ2) is 14.2. The van der Waals surface area contributed by atoms with Crippen LogP contribution in [0, 0.1) is 0 Å². The molecule has 0 fully saturated rings. The SMILES string of the molecule is C.CC(CCOC(=O)NCCCn1ccnc1)N(c1cc(Cl)ccc1CO)S(=O)(=O)c1ccc(Cl)cc1. The summed E-state index contributed by atoms with van der Waals surface area (Å²) >= 11 is 12.1. The van der Waals surface area contributed by atoms with Crippen LogP contribution in [-0.2, 0) is 27.9 Å². The summed E-state index contributed by atoms with van der Waals surface area (Å²) in [5, 5.41) is 13.3. The van der Waals surface area contributed by atoms with Gasteiger partial charge in [0, 0.05) is 53.6 Å². The molecule has 3 rings (SSSR count). The van der Waals surface area contributed by atoms with Crippen LogP contribution in [0.2, 0.25) is 10.0 Å². The number of ether oxygens (including phenoxy) is 1. The first-order chi connectivity index (χ1) is 17.2. The molecule has 0 saturated carbocycles. The zero-order valence-electron chi connectivity index (χ0n) is 19.7. The molecule has 1 aromatic heterocycles. The van der Waals surface area contributed by atoms with E-state index in [2.05, 4.69) is 10.3 Å². The van der Waals surface area contributed by atoms with Gasteiger partial charge in [-0.15, -0.1) is 0 Å². The third-order valence-corrected chi connectivity index (χ3v) is 7.85. The molecule has 1 heterocycles. The zero-order valence-corrected chi connectivity index (χ0v) is 22.0. The van der Waals surface area contributed by atoms with Crippen LogP contribution in [0.25, 0.3) is 0 Å². The van der Waals surface area contributed by atoms with Gasteiger partial charge in [-0.2, -0.15) is 0 Å². The van der Waals surface area contributed by atoms with Gasteiger partial charge in [0.25, 0.3) is 10.0 Å². The number of nitrogens with zero attached hydrogens (tertiary/aromatic N) is 3. The van der Waals surface area contributed by atoms with Crippen LogP contribution in [0.3, 0.4) is 0 Å². The van der Waals surface area contributed by atoms with Gasteiger partial charge in [-0.3, -0.25) is 4.31 Å². The van der Waals surface area contributed by atoms with Gasteiger partial charge in [-0.1, -0.05) is 36.7 Å². The minimum Gasteiger partial charge on any atom is -0.449 e. The highest BCUT2D eigenvalue weighted by molar-refractivity contribution is 7.92. The Hall–Kier alpha value is -2.79. The first-order valence-corrected chi connectivity index (χ1v) is 13.5. The molecule has 2 N–H and O–H groups in total. The number of benzene rings is 2. The van der Waals surface area contributed by atoms with Crippen molar-refractivity contribution in [2.24, 2.45) is 0 Å². The molecule has 3 aromatic rings. The largest absolute Gasteiger partial charge is 0.449 e. The summed E-state index contributed by atoms with van der Waals surface area (Å²) < 4.78 is 35.7. The van der Waals surface area contributed by atoms with E-state index in [4.69, 9.17) is 27.9 Å². The summed E-state index contributed by atoms with van der Waals surface area (Å²) in [6.45, 7) is 2.43. The number of aromatic nitrogens is 2. The molecule has 202 valence electrons. The molecule has 37 heavy (non-hydrogen) atoms. The number of carbonyl (C=O) groups excluding carboxylic acids is 1. The van der Waals surface area contributed by atoms with Crippen molar-refractivity contribution in [3.05, 3.63) is 76.8 Å². The lowest BCUT2D eigenvalue weighted by atomic mass is 10.1. The molecule has 0 aliphatic heterocycles. The van der Waals surface area contributed by atoms with E-state index >= 15 is 0 Å². The first kappa shape index (κ1) is 30.4. The predicted molar refractivity (Wildman–Crippen MR) is 145 cm³/mol. The molecule has 1 amide bonds. The van der Waals surface area contributed by atoms with Crippen molar-refractivity contribution in [1.29, 1.82) is 0 Å². The van der Waals surface area contributed by atoms with Crippen molar-refractivity contribution in [2.75, 3.05) is 17.5 Å². The summed E-state index contributed by atoms with van der Waals surface area (Å²) in [6.07, 6.45) is 5.54. The van der Waals surface area contributed by atoms with Crippen molar-refractivity contribution in [3.63, 3.8) is 0 Å². The monoisotopic (exact) mass is 570 g/mol. The third kappa shape index (κ3) is 8.36. The molecule has 12 heteroatoms. The molecule has 0 spiro atoms. The Morgan fingerprint density at radius 2 is 1.89 bits per heavy atom. The lowest BCUT2D eigenvalue weighted by molar-refractivity contribution is 0.143. The van der Waals surface area contributed by atoms with Gasteiger partial charge >= 0.3 is 6.09 Å². The molecule has 1 atom stereocenters. The highest BCUT2D eigenvalue weighted by Crippen LogP contribution is 2.33. The Morgan fingerprint density at radius 3 is 2.54 bits per heavy atom. The fraction of sp³-hybridized carbons (Fsp3) is 0.360. The quantitative estimate of drug-likeness (QED) is 0.292. The maximum atomic E-state index is 13.7. The molecule has 9 nitrogen and oxygen atoms in total. The molecule has 0 saturated heterocycles. The fourth-order valence-electron chi connectivity index (χ4n) is 3.56. The number of hydrogen-bond acceptors (Lipinski definition) is 6. The van der Waals surface area contributed by atoms with E-state index in [1.165, 1.54) is 34.6 Å². The molecule has 0 radical (unpaired) electrons. The van der Waals surface area contributed by atoms with Gasteiger partial charge in [-0.05, 0) is 49.7 Å². The van der Waals surface area contributed by atoms with Crippen LogP contribution in [0.4, 0.5) is 10.5 Å². The number of alkyl carbamates (subject to hydrolysis) is 1. The zero-order chi connectivity index (χ0) is 26.1. The second-order valence-electron chi connectivity index (χ2n) is 8.04. The summed E-state index contributed by atoms with van der Waals surface area (Å²) in [6, 6.07) is 9.80. The molecule has 0 aliphatic carbocycles. The number of amides is 1. The van der Waals surface area contributed by atoms with E-state index in [-0.39, 0.29) is 37.6 Å². The van der Waals surface area contributed by atoms with Gasteiger partial charge in [0.15, 0.2) is 0 Å². The minimum atomic E-state index is -4.07. The molecular weight excluding hydrogens is 539 g/mol. The van der Waals surface area contributed by atoms with Crippen LogP contribution < -0.4 is 9.62 Å². The molecule has 2 aromatic carbocycles. The Labute approximate surface area is 228 Å². The highest BCUT2D eigenvalue weighted by Gasteiger charge is 2.31. The number of imidazole rings is 1. The Morgan fingerprint density at radius 1 is 1.19 bits per heavy atom. The highest BCUT2D eigenvalue weighted by atomic mass is 35.5. The van der Waals surface area contributed by atoms with Crippen LogP contribution >= 0.6 is 23.2 Å². The van der Waals surface area contributed by atoms with Gasteiger partial charge in [-0.25, -0.2) is 18.2 Å².